The fraction of sp³-hybridized carbons (Fsp3) is 0.833. The number of morpholine rings is 1. The van der Waals surface area contributed by atoms with E-state index in [4.69, 9.17) is 9.47 Å². The second-order valence-electron chi connectivity index (χ2n) is 4.37. The van der Waals surface area contributed by atoms with Gasteiger partial charge in [0, 0.05) is 32.7 Å². The second kappa shape index (κ2) is 6.89. The molecule has 2 rings (SSSR count). The van der Waals surface area contributed by atoms with E-state index < -0.39 is 0 Å². The van der Waals surface area contributed by atoms with E-state index in [-0.39, 0.29) is 0 Å². The van der Waals surface area contributed by atoms with E-state index in [0.29, 0.717) is 6.10 Å². The Hall–Kier alpha value is -0.580. The molecule has 0 amide bonds. The summed E-state index contributed by atoms with van der Waals surface area (Å²) in [6.45, 7) is 7.05. The van der Waals surface area contributed by atoms with E-state index >= 15 is 0 Å². The summed E-state index contributed by atoms with van der Waals surface area (Å²) in [6.07, 6.45) is 6.58. The number of nitrogens with one attached hydrogen (secondary N) is 1. The van der Waals surface area contributed by atoms with Gasteiger partial charge in [0.25, 0.3) is 0 Å². The SMILES string of the molecule is C1=COC(CNCCN2CCOCC2)CC1. The highest BCUT2D eigenvalue weighted by Gasteiger charge is 2.11. The topological polar surface area (TPSA) is 33.7 Å². The highest BCUT2D eigenvalue weighted by Crippen LogP contribution is 2.08. The van der Waals surface area contributed by atoms with E-state index in [1.54, 1.807) is 0 Å². The Morgan fingerprint density at radius 3 is 2.94 bits per heavy atom. The number of nitrogens with zero attached hydrogens (tertiary/aromatic N) is 1. The molecule has 92 valence electrons. The largest absolute Gasteiger partial charge is 0.497 e. The second-order valence-corrected chi connectivity index (χ2v) is 4.37. The van der Waals surface area contributed by atoms with Crippen molar-refractivity contribution in [1.82, 2.24) is 10.2 Å². The molecule has 0 aromatic carbocycles. The lowest BCUT2D eigenvalue weighted by Crippen LogP contribution is -2.41. The average Bonchev–Trinajstić information content (AvgIpc) is 2.37. The van der Waals surface area contributed by atoms with Crippen LogP contribution in [0.15, 0.2) is 12.3 Å². The van der Waals surface area contributed by atoms with E-state index in [0.717, 1.165) is 58.8 Å². The Bertz CT molecular complexity index is 215. The lowest BCUT2D eigenvalue weighted by Gasteiger charge is -2.27. The number of hydrogen-bond acceptors (Lipinski definition) is 4. The first-order valence-electron chi connectivity index (χ1n) is 6.26. The van der Waals surface area contributed by atoms with Gasteiger partial charge in [0.1, 0.15) is 6.10 Å². The van der Waals surface area contributed by atoms with Crippen LogP contribution in [-0.2, 0) is 9.47 Å². The molecular formula is C12H22N2O2. The van der Waals surface area contributed by atoms with Gasteiger partial charge < -0.3 is 14.8 Å². The fourth-order valence-electron chi connectivity index (χ4n) is 2.06. The molecule has 16 heavy (non-hydrogen) atoms. The number of ether oxygens (including phenoxy) is 2. The Kier molecular flexibility index (Phi) is 5.12. The Balaban J connectivity index is 1.49. The van der Waals surface area contributed by atoms with Gasteiger partial charge in [-0.3, -0.25) is 4.90 Å². The zero-order chi connectivity index (χ0) is 11.1. The summed E-state index contributed by atoms with van der Waals surface area (Å²) in [5.41, 5.74) is 0. The van der Waals surface area contributed by atoms with E-state index in [9.17, 15) is 0 Å². The van der Waals surface area contributed by atoms with Crippen molar-refractivity contribution >= 4 is 0 Å². The normalized spacial score (nSPS) is 26.6. The fourth-order valence-corrected chi connectivity index (χ4v) is 2.06. The molecule has 0 aromatic rings. The maximum absolute atomic E-state index is 5.49. The Labute approximate surface area is 97.6 Å². The summed E-state index contributed by atoms with van der Waals surface area (Å²) >= 11 is 0. The monoisotopic (exact) mass is 226 g/mol. The van der Waals surface area contributed by atoms with Crippen molar-refractivity contribution in [1.29, 1.82) is 0 Å². The molecule has 2 aliphatic heterocycles. The van der Waals surface area contributed by atoms with Gasteiger partial charge in [-0.2, -0.15) is 0 Å². The van der Waals surface area contributed by atoms with Crippen LogP contribution in [-0.4, -0.2) is 56.9 Å². The Morgan fingerprint density at radius 2 is 2.19 bits per heavy atom. The molecule has 4 nitrogen and oxygen atoms in total. The highest BCUT2D eigenvalue weighted by atomic mass is 16.5. The van der Waals surface area contributed by atoms with Crippen LogP contribution in [0.2, 0.25) is 0 Å². The number of hydrogen-bond donors (Lipinski definition) is 1. The number of allylic oxidation sites excluding steroid dienone is 1. The number of rotatable bonds is 5. The van der Waals surface area contributed by atoms with E-state index in [1.165, 1.54) is 0 Å². The van der Waals surface area contributed by atoms with Crippen LogP contribution in [0.25, 0.3) is 0 Å². The molecule has 1 fully saturated rings. The maximum atomic E-state index is 5.49. The van der Waals surface area contributed by atoms with Crippen LogP contribution >= 0.6 is 0 Å². The zero-order valence-electron chi connectivity index (χ0n) is 9.86. The van der Waals surface area contributed by atoms with Crippen LogP contribution in [0.3, 0.4) is 0 Å². The summed E-state index contributed by atoms with van der Waals surface area (Å²) in [5.74, 6) is 0. The van der Waals surface area contributed by atoms with Crippen LogP contribution < -0.4 is 5.32 Å². The standard InChI is InChI=1S/C12H22N2O2/c1-2-8-16-12(3-1)11-13-4-5-14-6-9-15-10-7-14/h2,8,12-13H,1,3-7,9-11H2. The molecule has 0 aromatic heterocycles. The molecular weight excluding hydrogens is 204 g/mol. The predicted molar refractivity (Wildman–Crippen MR) is 63.4 cm³/mol. The minimum atomic E-state index is 0.370. The quantitative estimate of drug-likeness (QED) is 0.696. The molecule has 0 aliphatic carbocycles. The third-order valence-electron chi connectivity index (χ3n) is 3.10. The molecule has 0 saturated carbocycles. The molecule has 1 N–H and O–H groups in total. The van der Waals surface area contributed by atoms with Crippen molar-refractivity contribution in [2.24, 2.45) is 0 Å². The van der Waals surface area contributed by atoms with Gasteiger partial charge in [0.05, 0.1) is 19.5 Å². The molecule has 0 spiro atoms. The van der Waals surface area contributed by atoms with Crippen molar-refractivity contribution in [2.75, 3.05) is 45.9 Å². The van der Waals surface area contributed by atoms with Crippen LogP contribution in [0.1, 0.15) is 12.8 Å². The molecule has 2 heterocycles. The highest BCUT2D eigenvalue weighted by molar-refractivity contribution is 4.83. The summed E-state index contributed by atoms with van der Waals surface area (Å²) < 4.78 is 10.8. The summed E-state index contributed by atoms with van der Waals surface area (Å²) in [6, 6.07) is 0. The van der Waals surface area contributed by atoms with E-state index in [1.807, 2.05) is 6.26 Å². The zero-order valence-corrected chi connectivity index (χ0v) is 9.86. The minimum absolute atomic E-state index is 0.370. The van der Waals surface area contributed by atoms with Crippen LogP contribution in [0.4, 0.5) is 0 Å². The Morgan fingerprint density at radius 1 is 1.31 bits per heavy atom. The van der Waals surface area contributed by atoms with E-state index in [2.05, 4.69) is 16.3 Å². The van der Waals surface area contributed by atoms with Gasteiger partial charge in [-0.25, -0.2) is 0 Å². The van der Waals surface area contributed by atoms with Crippen LogP contribution in [0.5, 0.6) is 0 Å². The summed E-state index contributed by atoms with van der Waals surface area (Å²) in [5, 5.41) is 3.46. The molecule has 0 radical (unpaired) electrons. The first-order chi connectivity index (χ1) is 7.95. The van der Waals surface area contributed by atoms with Crippen LogP contribution in [0, 0.1) is 0 Å². The first kappa shape index (κ1) is 11.9. The van der Waals surface area contributed by atoms with Gasteiger partial charge in [-0.1, -0.05) is 0 Å². The average molecular weight is 226 g/mol. The van der Waals surface area contributed by atoms with Gasteiger partial charge >= 0.3 is 0 Å². The van der Waals surface area contributed by atoms with Crippen molar-refractivity contribution in [3.63, 3.8) is 0 Å². The van der Waals surface area contributed by atoms with Gasteiger partial charge in [-0.05, 0) is 18.9 Å². The predicted octanol–water partition coefficient (Wildman–Crippen LogP) is 0.601. The summed E-state index contributed by atoms with van der Waals surface area (Å²) in [4.78, 5) is 2.44. The first-order valence-corrected chi connectivity index (χ1v) is 6.26. The van der Waals surface area contributed by atoms with Crippen molar-refractivity contribution in [3.05, 3.63) is 12.3 Å². The third kappa shape index (κ3) is 4.12. The van der Waals surface area contributed by atoms with Crippen molar-refractivity contribution < 1.29 is 9.47 Å². The molecule has 1 unspecified atom stereocenters. The van der Waals surface area contributed by atoms with Crippen molar-refractivity contribution in [3.8, 4) is 0 Å². The van der Waals surface area contributed by atoms with Gasteiger partial charge in [-0.15, -0.1) is 0 Å². The maximum Gasteiger partial charge on any atom is 0.110 e. The molecule has 4 heteroatoms. The van der Waals surface area contributed by atoms with Gasteiger partial charge in [0.15, 0.2) is 0 Å². The third-order valence-corrected chi connectivity index (χ3v) is 3.10. The molecule has 2 aliphatic rings. The van der Waals surface area contributed by atoms with Crippen molar-refractivity contribution in [2.45, 2.75) is 18.9 Å². The lowest BCUT2D eigenvalue weighted by molar-refractivity contribution is 0.0378. The molecule has 1 atom stereocenters. The lowest BCUT2D eigenvalue weighted by atomic mass is 10.1. The molecule has 0 bridgehead atoms. The summed E-state index contributed by atoms with van der Waals surface area (Å²) in [7, 11) is 0. The minimum Gasteiger partial charge on any atom is -0.497 e. The smallest absolute Gasteiger partial charge is 0.110 e. The molecule has 1 saturated heterocycles. The van der Waals surface area contributed by atoms with Gasteiger partial charge in [0.2, 0.25) is 0 Å².